The number of halogens is 5. The molecule has 0 N–H and O–H groups in total. The van der Waals surface area contributed by atoms with E-state index in [1.54, 1.807) is 0 Å². The lowest BCUT2D eigenvalue weighted by molar-refractivity contribution is 0.142. The van der Waals surface area contributed by atoms with Crippen molar-refractivity contribution in [1.29, 1.82) is 0 Å². The molecule has 1 aromatic carbocycles. The van der Waals surface area contributed by atoms with E-state index in [1.165, 1.54) is 18.3 Å². The minimum Gasteiger partial charge on any atom is -0.232 e. The largest absolute Gasteiger partial charge is 0.280 e. The van der Waals surface area contributed by atoms with Gasteiger partial charge >= 0.3 is 0 Å². The fourth-order valence-corrected chi connectivity index (χ4v) is 1.87. The molecule has 0 saturated carbocycles. The van der Waals surface area contributed by atoms with Crippen molar-refractivity contribution in [2.24, 2.45) is 0 Å². The molecule has 0 amide bonds. The molecular weight excluding hydrogens is 288 g/mol. The highest BCUT2D eigenvalue weighted by Gasteiger charge is 2.20. The van der Waals surface area contributed by atoms with Crippen molar-refractivity contribution in [3.8, 4) is 5.69 Å². The summed E-state index contributed by atoms with van der Waals surface area (Å²) in [6.07, 6.45) is -1.51. The Morgan fingerprint density at radius 2 is 2.06 bits per heavy atom. The maximum Gasteiger partial charge on any atom is 0.280 e. The first kappa shape index (κ1) is 13.2. The van der Waals surface area contributed by atoms with Gasteiger partial charge in [-0.3, -0.25) is 0 Å². The molecule has 2 nitrogen and oxygen atoms in total. The molecule has 0 fully saturated rings. The van der Waals surface area contributed by atoms with Crippen LogP contribution in [0, 0.1) is 5.82 Å². The summed E-state index contributed by atoms with van der Waals surface area (Å²) in [5.41, 5.74) is 0.0392. The highest BCUT2D eigenvalue weighted by atomic mass is 35.5. The lowest BCUT2D eigenvalue weighted by Crippen LogP contribution is -2.04. The molecule has 1 heterocycles. The number of hydrogen-bond donors (Lipinski definition) is 0. The first-order chi connectivity index (χ1) is 8.54. The standard InChI is InChI=1S/C11H7Cl2F3N2/c12-4-6-5-17-18(10(6)11(15)16)7-1-2-8(13)9(14)3-7/h1-3,5,11H,4H2. The second-order valence-electron chi connectivity index (χ2n) is 3.50. The molecule has 0 saturated heterocycles. The van der Waals surface area contributed by atoms with Crippen LogP contribution in [0.25, 0.3) is 5.69 Å². The van der Waals surface area contributed by atoms with E-state index in [1.807, 2.05) is 0 Å². The Kier molecular flexibility index (Phi) is 3.82. The maximum atomic E-state index is 13.3. The predicted octanol–water partition coefficient (Wildman–Crippen LogP) is 4.34. The average molecular weight is 295 g/mol. The van der Waals surface area contributed by atoms with Gasteiger partial charge in [0.15, 0.2) is 0 Å². The number of hydrogen-bond acceptors (Lipinski definition) is 1. The van der Waals surface area contributed by atoms with Gasteiger partial charge in [0.05, 0.1) is 22.8 Å². The van der Waals surface area contributed by atoms with Crippen molar-refractivity contribution in [2.45, 2.75) is 12.3 Å². The summed E-state index contributed by atoms with van der Waals surface area (Å²) in [5.74, 6) is -0.784. The van der Waals surface area contributed by atoms with Crippen LogP contribution in [0.5, 0.6) is 0 Å². The molecule has 0 aliphatic heterocycles. The zero-order valence-electron chi connectivity index (χ0n) is 8.88. The van der Waals surface area contributed by atoms with Crippen molar-refractivity contribution in [1.82, 2.24) is 9.78 Å². The summed E-state index contributed by atoms with van der Waals surface area (Å²) >= 11 is 11.1. The van der Waals surface area contributed by atoms with Crippen LogP contribution in [0.4, 0.5) is 13.2 Å². The minimum absolute atomic E-state index is 0.0814. The van der Waals surface area contributed by atoms with E-state index in [-0.39, 0.29) is 27.8 Å². The molecular formula is C11H7Cl2F3N2. The van der Waals surface area contributed by atoms with E-state index >= 15 is 0 Å². The highest BCUT2D eigenvalue weighted by molar-refractivity contribution is 6.30. The van der Waals surface area contributed by atoms with Gasteiger partial charge in [0.1, 0.15) is 11.5 Å². The third kappa shape index (κ3) is 2.33. The summed E-state index contributed by atoms with van der Waals surface area (Å²) in [6, 6.07) is 3.73. The van der Waals surface area contributed by atoms with Crippen LogP contribution in [0.1, 0.15) is 17.7 Å². The number of nitrogens with zero attached hydrogens (tertiary/aromatic N) is 2. The van der Waals surface area contributed by atoms with Crippen LogP contribution in [0.15, 0.2) is 24.4 Å². The molecule has 0 bridgehead atoms. The van der Waals surface area contributed by atoms with Crippen LogP contribution >= 0.6 is 23.2 Å². The zero-order chi connectivity index (χ0) is 13.3. The lowest BCUT2D eigenvalue weighted by Gasteiger charge is -2.08. The lowest BCUT2D eigenvalue weighted by atomic mass is 10.2. The molecule has 0 radical (unpaired) electrons. The molecule has 1 aromatic heterocycles. The first-order valence-corrected chi connectivity index (χ1v) is 5.82. The molecule has 0 aliphatic carbocycles. The molecule has 0 aliphatic rings. The van der Waals surface area contributed by atoms with Crippen LogP contribution in [-0.4, -0.2) is 9.78 Å². The third-order valence-corrected chi connectivity index (χ3v) is 2.98. The van der Waals surface area contributed by atoms with Crippen molar-refractivity contribution in [3.63, 3.8) is 0 Å². The molecule has 2 aromatic rings. The van der Waals surface area contributed by atoms with Gasteiger partial charge < -0.3 is 0 Å². The van der Waals surface area contributed by atoms with E-state index in [4.69, 9.17) is 23.2 Å². The highest BCUT2D eigenvalue weighted by Crippen LogP contribution is 2.27. The minimum atomic E-state index is -2.75. The molecule has 0 spiro atoms. The van der Waals surface area contributed by atoms with Gasteiger partial charge in [-0.1, -0.05) is 11.6 Å². The quantitative estimate of drug-likeness (QED) is 0.770. The van der Waals surface area contributed by atoms with Gasteiger partial charge in [0.25, 0.3) is 6.43 Å². The van der Waals surface area contributed by atoms with Crippen LogP contribution in [-0.2, 0) is 5.88 Å². The third-order valence-electron chi connectivity index (χ3n) is 2.38. The van der Waals surface area contributed by atoms with Gasteiger partial charge in [-0.2, -0.15) is 5.10 Å². The van der Waals surface area contributed by atoms with Gasteiger partial charge in [-0.05, 0) is 12.1 Å². The topological polar surface area (TPSA) is 17.8 Å². The number of benzene rings is 1. The van der Waals surface area contributed by atoms with E-state index in [9.17, 15) is 13.2 Å². The molecule has 2 rings (SSSR count). The van der Waals surface area contributed by atoms with Gasteiger partial charge in [-0.15, -0.1) is 11.6 Å². The van der Waals surface area contributed by atoms with Gasteiger partial charge in [0, 0.05) is 11.6 Å². The molecule has 0 atom stereocenters. The molecule has 18 heavy (non-hydrogen) atoms. The van der Waals surface area contributed by atoms with Crippen molar-refractivity contribution >= 4 is 23.2 Å². The number of alkyl halides is 3. The van der Waals surface area contributed by atoms with Crippen LogP contribution < -0.4 is 0 Å². The summed E-state index contributed by atoms with van der Waals surface area (Å²) < 4.78 is 40.1. The summed E-state index contributed by atoms with van der Waals surface area (Å²) in [6.45, 7) is 0. The SMILES string of the molecule is Fc1cc(-n2ncc(CCl)c2C(F)F)ccc1Cl. The summed E-state index contributed by atoms with van der Waals surface area (Å²) in [7, 11) is 0. The summed E-state index contributed by atoms with van der Waals surface area (Å²) in [4.78, 5) is 0. The Bertz CT molecular complexity index is 569. The Labute approximate surface area is 111 Å². The fourth-order valence-electron chi connectivity index (χ4n) is 1.55. The van der Waals surface area contributed by atoms with E-state index in [0.717, 1.165) is 10.7 Å². The molecule has 7 heteroatoms. The molecule has 96 valence electrons. The molecule has 0 unspecified atom stereocenters. The monoisotopic (exact) mass is 294 g/mol. The number of aromatic nitrogens is 2. The summed E-state index contributed by atoms with van der Waals surface area (Å²) in [5, 5.41) is 3.71. The van der Waals surface area contributed by atoms with E-state index in [0.29, 0.717) is 0 Å². The smallest absolute Gasteiger partial charge is 0.232 e. The van der Waals surface area contributed by atoms with Crippen molar-refractivity contribution in [3.05, 3.63) is 46.5 Å². The second kappa shape index (κ2) is 5.20. The number of rotatable bonds is 3. The Hall–Kier alpha value is -1.20. The van der Waals surface area contributed by atoms with Gasteiger partial charge in [0.2, 0.25) is 0 Å². The van der Waals surface area contributed by atoms with Crippen LogP contribution in [0.3, 0.4) is 0 Å². The Morgan fingerprint density at radius 3 is 2.61 bits per heavy atom. The fraction of sp³-hybridized carbons (Fsp3) is 0.182. The van der Waals surface area contributed by atoms with E-state index < -0.39 is 12.2 Å². The van der Waals surface area contributed by atoms with Crippen molar-refractivity contribution in [2.75, 3.05) is 0 Å². The predicted molar refractivity (Wildman–Crippen MR) is 63.0 cm³/mol. The Morgan fingerprint density at radius 1 is 1.33 bits per heavy atom. The maximum absolute atomic E-state index is 13.3. The van der Waals surface area contributed by atoms with E-state index in [2.05, 4.69) is 5.10 Å². The normalized spacial score (nSPS) is 11.2. The second-order valence-corrected chi connectivity index (χ2v) is 4.17. The van der Waals surface area contributed by atoms with Gasteiger partial charge in [-0.25, -0.2) is 17.9 Å². The average Bonchev–Trinajstić information content (AvgIpc) is 2.76. The van der Waals surface area contributed by atoms with Crippen molar-refractivity contribution < 1.29 is 13.2 Å². The first-order valence-electron chi connectivity index (χ1n) is 4.91. The Balaban J connectivity index is 2.56. The van der Waals surface area contributed by atoms with Crippen LogP contribution in [0.2, 0.25) is 5.02 Å². The zero-order valence-corrected chi connectivity index (χ0v) is 10.4.